The van der Waals surface area contributed by atoms with Crippen LogP contribution in [0.15, 0.2) is 0 Å². The summed E-state index contributed by atoms with van der Waals surface area (Å²) in [6, 6.07) is 0. The molecule has 0 radical (unpaired) electrons. The Bertz CT molecular complexity index is 13.5. The molecule has 0 fully saturated rings. The summed E-state index contributed by atoms with van der Waals surface area (Å²) in [5, 5.41) is 7.57. The maximum atomic E-state index is 7.57. The van der Waals surface area contributed by atoms with Gasteiger partial charge in [0, 0.05) is 6.61 Å². The third kappa shape index (κ3) is 38.5. The average Bonchev–Trinajstić information content (AvgIpc) is 1.39. The van der Waals surface area contributed by atoms with Gasteiger partial charge in [-0.3, -0.25) is 0 Å². The van der Waals surface area contributed by atoms with Gasteiger partial charge in [-0.1, -0.05) is 0 Å². The molecule has 1 N–H and O–H groups in total. The van der Waals surface area contributed by atoms with Crippen LogP contribution < -0.4 is 0 Å². The van der Waals surface area contributed by atoms with Crippen molar-refractivity contribution in [2.24, 2.45) is 0 Å². The van der Waals surface area contributed by atoms with Crippen LogP contribution in [0.1, 0.15) is 6.92 Å². The van der Waals surface area contributed by atoms with E-state index in [9.17, 15) is 0 Å². The van der Waals surface area contributed by atoms with Gasteiger partial charge in [0.05, 0.1) is 0 Å². The van der Waals surface area contributed by atoms with Crippen molar-refractivity contribution in [2.75, 3.05) is 6.61 Å². The van der Waals surface area contributed by atoms with E-state index in [1.165, 1.54) is 0 Å². The quantitative estimate of drug-likeness (QED) is 0.514. The van der Waals surface area contributed by atoms with Gasteiger partial charge < -0.3 is 5.11 Å². The molecule has 0 saturated heterocycles. The topological polar surface area (TPSA) is 20.2 Å². The van der Waals surface area contributed by atoms with Crippen molar-refractivity contribution in [3.05, 3.63) is 0 Å². The van der Waals surface area contributed by atoms with Crippen LogP contribution in [0.3, 0.4) is 0 Å². The number of hydrogen-bond donors (Lipinski definition) is 1. The fourth-order valence-corrected chi connectivity index (χ4v) is 0. The summed E-state index contributed by atoms with van der Waals surface area (Å²) in [5.74, 6) is 0. The van der Waals surface area contributed by atoms with Gasteiger partial charge in [-0.05, 0) is 6.92 Å². The van der Waals surface area contributed by atoms with Crippen molar-refractivity contribution >= 4 is 40.7 Å². The van der Waals surface area contributed by atoms with Crippen molar-refractivity contribution < 1.29 is 13.6 Å². The first-order chi connectivity index (χ1) is 2.83. The maximum absolute atomic E-state index is 7.57. The van der Waals surface area contributed by atoms with Gasteiger partial charge in [0.1, 0.15) is 0 Å². The molecule has 6 heavy (non-hydrogen) atoms. The summed E-state index contributed by atoms with van der Waals surface area (Å²) in [5.41, 5.74) is 0. The van der Waals surface area contributed by atoms with Crippen LogP contribution >= 0.6 is 40.7 Å². The van der Waals surface area contributed by atoms with Crippen molar-refractivity contribution in [2.45, 2.75) is 6.92 Å². The van der Waals surface area contributed by atoms with Crippen LogP contribution in [-0.4, -0.2) is 11.7 Å². The molecule has 0 aliphatic carbocycles. The van der Waals surface area contributed by atoms with Crippen molar-refractivity contribution in [1.82, 2.24) is 0 Å². The zero-order valence-electron chi connectivity index (χ0n) is 3.21. The van der Waals surface area contributed by atoms with E-state index in [-0.39, 0.29) is 6.61 Å². The molecule has 0 aromatic rings. The molecule has 0 rings (SSSR count). The first kappa shape index (κ1) is 10.8. The zero-order valence-corrected chi connectivity index (χ0v) is 8.47. The molecule has 0 aliphatic rings. The van der Waals surface area contributed by atoms with Crippen LogP contribution in [-0.2, 0) is 8.46 Å². The second-order valence-electron chi connectivity index (χ2n) is 0.359. The Labute approximate surface area is 66.9 Å². The minimum atomic E-state index is 0.250. The molecule has 0 aromatic heterocycles. The summed E-state index contributed by atoms with van der Waals surface area (Å²) >= 11 is 4.36. The normalized spacial score (nSPS) is 6.67. The van der Waals surface area contributed by atoms with Gasteiger partial charge in [-0.25, -0.2) is 0 Å². The van der Waals surface area contributed by atoms with Gasteiger partial charge in [0.2, 0.25) is 0 Å². The van der Waals surface area contributed by atoms with E-state index in [2.05, 4.69) is 40.7 Å². The summed E-state index contributed by atoms with van der Waals surface area (Å²) in [6.07, 6.45) is 0. The van der Waals surface area contributed by atoms with Crippen molar-refractivity contribution in [1.29, 1.82) is 0 Å². The van der Waals surface area contributed by atoms with E-state index in [0.717, 1.165) is 0 Å². The van der Waals surface area contributed by atoms with Crippen molar-refractivity contribution in [3.8, 4) is 0 Å². The predicted molar refractivity (Wildman–Crippen MR) is 40.8 cm³/mol. The Morgan fingerprint density at radius 3 is 1.67 bits per heavy atom. The van der Waals surface area contributed by atoms with E-state index in [0.29, 0.717) is 0 Å². The Morgan fingerprint density at radius 2 is 1.67 bits per heavy atom. The molecule has 0 spiro atoms. The third-order valence-corrected chi connectivity index (χ3v) is 0. The Hall–Kier alpha value is 1.94. The van der Waals surface area contributed by atoms with E-state index in [1.807, 2.05) is 0 Å². The molecule has 0 unspecified atom stereocenters. The van der Waals surface area contributed by atoms with Gasteiger partial charge in [0.25, 0.3) is 0 Å². The summed E-state index contributed by atoms with van der Waals surface area (Å²) in [6.45, 7) is 1.93. The summed E-state index contributed by atoms with van der Waals surface area (Å²) in [7, 11) is 1.75. The first-order valence-corrected chi connectivity index (χ1v) is 7.33. The first-order valence-electron chi connectivity index (χ1n) is 1.25. The zero-order chi connectivity index (χ0) is 5.41. The molecule has 0 aromatic carbocycles. The van der Waals surface area contributed by atoms with E-state index < -0.39 is 0 Å². The Kier molecular flexibility index (Phi) is 28.5. The molecular weight excluding hydrogens is 357 g/mol. The van der Waals surface area contributed by atoms with Crippen LogP contribution in [0.2, 0.25) is 0 Å². The second-order valence-corrected chi connectivity index (χ2v) is 8.31. The molecule has 0 atom stereocenters. The van der Waals surface area contributed by atoms with E-state index in [1.54, 1.807) is 15.4 Å². The average molecular weight is 363 g/mol. The molecule has 0 saturated carbocycles. The molecule has 4 heteroatoms. The van der Waals surface area contributed by atoms with Gasteiger partial charge in [-0.15, -0.1) is 0 Å². The number of aliphatic hydroxyl groups excluding tert-OH is 1. The van der Waals surface area contributed by atoms with Crippen LogP contribution in [0.4, 0.5) is 0 Å². The van der Waals surface area contributed by atoms with Crippen LogP contribution in [0.5, 0.6) is 0 Å². The van der Waals surface area contributed by atoms with E-state index >= 15 is 0 Å². The molecule has 0 bridgehead atoms. The van der Waals surface area contributed by atoms with Gasteiger partial charge in [-0.2, -0.15) is 0 Å². The molecule has 0 amide bonds. The van der Waals surface area contributed by atoms with Gasteiger partial charge >= 0.3 is 49.1 Å². The summed E-state index contributed by atoms with van der Waals surface area (Å²) in [4.78, 5) is 0. The monoisotopic (exact) mass is 363 g/mol. The number of aliphatic hydroxyl groups is 1. The molecule has 0 aliphatic heterocycles. The van der Waals surface area contributed by atoms with Crippen LogP contribution in [0, 0.1) is 0 Å². The van der Waals surface area contributed by atoms with Crippen LogP contribution in [0.25, 0.3) is 0 Å². The second kappa shape index (κ2) is 15.8. The predicted octanol–water partition coefficient (Wildman–Crippen LogP) is 1.77. The summed E-state index contributed by atoms with van der Waals surface area (Å²) < 4.78 is 0. The minimum absolute atomic E-state index is 0.250. The molecule has 1 nitrogen and oxygen atoms in total. The number of hydrogen-bond acceptors (Lipinski definition) is 1. The fraction of sp³-hybridized carbons (Fsp3) is 1.00. The number of halogens is 2. The number of rotatable bonds is 0. The Morgan fingerprint density at radius 1 is 1.67 bits per heavy atom. The third-order valence-electron chi connectivity index (χ3n) is 0. The molecular formula is C2H6CuI2O. The molecule has 0 heterocycles. The van der Waals surface area contributed by atoms with Crippen molar-refractivity contribution in [3.63, 3.8) is 0 Å². The van der Waals surface area contributed by atoms with E-state index in [4.69, 9.17) is 5.11 Å². The SMILES string of the molecule is CCO.[I][Cu][I]. The molecule has 45 valence electrons. The fourth-order valence-electron chi connectivity index (χ4n) is 0. The standard InChI is InChI=1S/C2H6O.Cu.2HI/c1-2-3;;;/h3H,2H2,1H3;;2*1H/q;+2;;/p-2. The Balaban J connectivity index is 0. The van der Waals surface area contributed by atoms with Gasteiger partial charge in [0.15, 0.2) is 0 Å².